The number of hydrogen-bond acceptors (Lipinski definition) is 4. The maximum atomic E-state index is 11.8. The summed E-state index contributed by atoms with van der Waals surface area (Å²) in [5.74, 6) is -1.02. The Bertz CT molecular complexity index is 461. The number of carbonyl (C=O) groups is 2. The average Bonchev–Trinajstić information content (AvgIpc) is 2.15. The molecule has 0 aliphatic rings. The molecular formula is C13H16O4. The van der Waals surface area contributed by atoms with Crippen LogP contribution in [-0.4, -0.2) is 21.8 Å². The van der Waals surface area contributed by atoms with Gasteiger partial charge in [0, 0.05) is 12.5 Å². The zero-order valence-corrected chi connectivity index (χ0v) is 10.2. The first kappa shape index (κ1) is 13.2. The average molecular weight is 236 g/mol. The molecule has 0 saturated carbocycles. The monoisotopic (exact) mass is 236 g/mol. The van der Waals surface area contributed by atoms with Crippen LogP contribution in [0.5, 0.6) is 11.5 Å². The van der Waals surface area contributed by atoms with Gasteiger partial charge in [0.05, 0.1) is 11.1 Å². The molecule has 4 heteroatoms. The second-order valence-electron chi connectivity index (χ2n) is 4.46. The molecule has 0 unspecified atom stereocenters. The highest BCUT2D eigenvalue weighted by Crippen LogP contribution is 2.29. The highest BCUT2D eigenvalue weighted by atomic mass is 16.3. The van der Waals surface area contributed by atoms with Gasteiger partial charge >= 0.3 is 0 Å². The first-order valence-corrected chi connectivity index (χ1v) is 5.43. The number of carbonyl (C=O) groups excluding carboxylic acids is 2. The molecule has 0 aliphatic carbocycles. The lowest BCUT2D eigenvalue weighted by Gasteiger charge is -2.09. The number of benzene rings is 1. The van der Waals surface area contributed by atoms with Gasteiger partial charge in [-0.25, -0.2) is 0 Å². The quantitative estimate of drug-likeness (QED) is 0.788. The van der Waals surface area contributed by atoms with Gasteiger partial charge < -0.3 is 10.2 Å². The zero-order chi connectivity index (χ0) is 13.2. The maximum absolute atomic E-state index is 11.8. The van der Waals surface area contributed by atoms with E-state index in [4.69, 9.17) is 0 Å². The van der Waals surface area contributed by atoms with Crippen molar-refractivity contribution in [1.82, 2.24) is 0 Å². The van der Waals surface area contributed by atoms with Crippen LogP contribution in [0.2, 0.25) is 0 Å². The van der Waals surface area contributed by atoms with E-state index in [2.05, 4.69) is 0 Å². The van der Waals surface area contributed by atoms with Crippen LogP contribution in [0.1, 0.15) is 47.9 Å². The van der Waals surface area contributed by atoms with Gasteiger partial charge in [0.1, 0.15) is 11.5 Å². The van der Waals surface area contributed by atoms with Crippen molar-refractivity contribution in [1.29, 1.82) is 0 Å². The summed E-state index contributed by atoms with van der Waals surface area (Å²) < 4.78 is 0. The van der Waals surface area contributed by atoms with E-state index < -0.39 is 0 Å². The Morgan fingerprint density at radius 3 is 2.12 bits per heavy atom. The van der Waals surface area contributed by atoms with Crippen LogP contribution in [0.3, 0.4) is 0 Å². The molecule has 0 spiro atoms. The topological polar surface area (TPSA) is 74.6 Å². The largest absolute Gasteiger partial charge is 0.507 e. The Kier molecular flexibility index (Phi) is 3.89. The molecule has 0 saturated heterocycles. The molecule has 0 fully saturated rings. The minimum absolute atomic E-state index is 0.0508. The van der Waals surface area contributed by atoms with Crippen molar-refractivity contribution in [3.63, 3.8) is 0 Å². The van der Waals surface area contributed by atoms with Gasteiger partial charge in [-0.2, -0.15) is 0 Å². The van der Waals surface area contributed by atoms with Gasteiger partial charge in [-0.05, 0) is 18.9 Å². The third kappa shape index (κ3) is 3.06. The first-order valence-electron chi connectivity index (χ1n) is 5.43. The molecular weight excluding hydrogens is 220 g/mol. The number of phenols is 2. The fourth-order valence-corrected chi connectivity index (χ4v) is 1.56. The fraction of sp³-hybridized carbons (Fsp3) is 0.385. The molecule has 1 aromatic rings. The maximum Gasteiger partial charge on any atom is 0.166 e. The summed E-state index contributed by atoms with van der Waals surface area (Å²) in [6, 6.07) is 2.28. The SMILES string of the molecule is CC(=O)c1cc(C(=O)CC(C)C)c(O)cc1O. The molecule has 1 rings (SSSR count). The summed E-state index contributed by atoms with van der Waals surface area (Å²) in [6.45, 7) is 5.07. The Balaban J connectivity index is 3.20. The Morgan fingerprint density at radius 2 is 1.65 bits per heavy atom. The third-order valence-electron chi connectivity index (χ3n) is 2.39. The van der Waals surface area contributed by atoms with Crippen molar-refractivity contribution in [2.45, 2.75) is 27.2 Å². The Morgan fingerprint density at radius 1 is 1.12 bits per heavy atom. The molecule has 0 aromatic heterocycles. The summed E-state index contributed by atoms with van der Waals surface area (Å²) in [6.07, 6.45) is 0.287. The van der Waals surface area contributed by atoms with Crippen molar-refractivity contribution in [2.24, 2.45) is 5.92 Å². The van der Waals surface area contributed by atoms with E-state index in [-0.39, 0.29) is 46.5 Å². The number of phenolic OH excluding ortho intramolecular Hbond substituents is 2. The van der Waals surface area contributed by atoms with Gasteiger partial charge in [-0.1, -0.05) is 13.8 Å². The molecule has 0 aliphatic heterocycles. The minimum atomic E-state index is -0.346. The van der Waals surface area contributed by atoms with Crippen LogP contribution in [0.15, 0.2) is 12.1 Å². The Labute approximate surface area is 99.9 Å². The molecule has 0 atom stereocenters. The molecule has 92 valence electrons. The fourth-order valence-electron chi connectivity index (χ4n) is 1.56. The molecule has 0 bridgehead atoms. The molecule has 2 N–H and O–H groups in total. The Hall–Kier alpha value is -1.84. The van der Waals surface area contributed by atoms with Crippen LogP contribution in [0.25, 0.3) is 0 Å². The van der Waals surface area contributed by atoms with Crippen molar-refractivity contribution < 1.29 is 19.8 Å². The standard InChI is InChI=1S/C13H16O4/c1-7(2)4-11(15)10-5-9(8(3)14)12(16)6-13(10)17/h5-7,16-17H,4H2,1-3H3. The van der Waals surface area contributed by atoms with Crippen molar-refractivity contribution in [2.75, 3.05) is 0 Å². The van der Waals surface area contributed by atoms with E-state index in [1.807, 2.05) is 13.8 Å². The smallest absolute Gasteiger partial charge is 0.166 e. The van der Waals surface area contributed by atoms with Gasteiger partial charge in [-0.15, -0.1) is 0 Å². The summed E-state index contributed by atoms with van der Waals surface area (Å²) in [5.41, 5.74) is 0.136. The van der Waals surface area contributed by atoms with Gasteiger partial charge in [0.15, 0.2) is 11.6 Å². The van der Waals surface area contributed by atoms with Crippen LogP contribution < -0.4 is 0 Å². The molecule has 17 heavy (non-hydrogen) atoms. The van der Waals surface area contributed by atoms with Gasteiger partial charge in [-0.3, -0.25) is 9.59 Å². The van der Waals surface area contributed by atoms with E-state index in [0.29, 0.717) is 0 Å². The van der Waals surface area contributed by atoms with E-state index in [0.717, 1.165) is 6.07 Å². The number of rotatable bonds is 4. The normalized spacial score (nSPS) is 10.6. The summed E-state index contributed by atoms with van der Waals surface area (Å²) in [4.78, 5) is 23.0. The van der Waals surface area contributed by atoms with E-state index in [1.165, 1.54) is 13.0 Å². The molecule has 4 nitrogen and oxygen atoms in total. The molecule has 1 aromatic carbocycles. The van der Waals surface area contributed by atoms with Crippen LogP contribution in [0, 0.1) is 5.92 Å². The van der Waals surface area contributed by atoms with Crippen LogP contribution >= 0.6 is 0 Å². The molecule has 0 radical (unpaired) electrons. The predicted molar refractivity (Wildman–Crippen MR) is 63.6 cm³/mol. The summed E-state index contributed by atoms with van der Waals surface area (Å²) in [5, 5.41) is 19.0. The lowest BCUT2D eigenvalue weighted by molar-refractivity contribution is 0.0965. The number of Topliss-reactive ketones (excluding diaryl/α,β-unsaturated/α-hetero) is 2. The predicted octanol–water partition coefficient (Wildman–Crippen LogP) is 2.53. The first-order chi connectivity index (χ1) is 7.82. The van der Waals surface area contributed by atoms with Gasteiger partial charge in [0.2, 0.25) is 0 Å². The van der Waals surface area contributed by atoms with Gasteiger partial charge in [0.25, 0.3) is 0 Å². The van der Waals surface area contributed by atoms with E-state index >= 15 is 0 Å². The third-order valence-corrected chi connectivity index (χ3v) is 2.39. The van der Waals surface area contributed by atoms with E-state index in [9.17, 15) is 19.8 Å². The summed E-state index contributed by atoms with van der Waals surface area (Å²) >= 11 is 0. The summed E-state index contributed by atoms with van der Waals surface area (Å²) in [7, 11) is 0. The zero-order valence-electron chi connectivity index (χ0n) is 10.2. The lowest BCUT2D eigenvalue weighted by atomic mass is 9.97. The van der Waals surface area contributed by atoms with E-state index in [1.54, 1.807) is 0 Å². The number of aromatic hydroxyl groups is 2. The van der Waals surface area contributed by atoms with Crippen LogP contribution in [-0.2, 0) is 0 Å². The molecule has 0 amide bonds. The van der Waals surface area contributed by atoms with Crippen LogP contribution in [0.4, 0.5) is 0 Å². The minimum Gasteiger partial charge on any atom is -0.507 e. The highest BCUT2D eigenvalue weighted by Gasteiger charge is 2.17. The van der Waals surface area contributed by atoms with Crippen molar-refractivity contribution in [3.05, 3.63) is 23.3 Å². The highest BCUT2D eigenvalue weighted by molar-refractivity contribution is 6.03. The number of ketones is 2. The second-order valence-corrected chi connectivity index (χ2v) is 4.46. The van der Waals surface area contributed by atoms with Crippen molar-refractivity contribution >= 4 is 11.6 Å². The lowest BCUT2D eigenvalue weighted by Crippen LogP contribution is -2.05. The van der Waals surface area contributed by atoms with Crippen molar-refractivity contribution in [3.8, 4) is 11.5 Å². The number of hydrogen-bond donors (Lipinski definition) is 2. The molecule has 0 heterocycles. The second kappa shape index (κ2) is 4.99.